The monoisotopic (exact) mass is 292 g/mol. The van der Waals surface area contributed by atoms with Crippen LogP contribution in [0.4, 0.5) is 5.82 Å². The van der Waals surface area contributed by atoms with E-state index in [4.69, 9.17) is 22.1 Å². The molecule has 0 spiro atoms. The lowest BCUT2D eigenvalue weighted by molar-refractivity contribution is 0.295. The molecule has 5 nitrogen and oxygen atoms in total. The van der Waals surface area contributed by atoms with E-state index in [0.717, 1.165) is 10.2 Å². The van der Waals surface area contributed by atoms with Gasteiger partial charge in [0.2, 0.25) is 0 Å². The van der Waals surface area contributed by atoms with Gasteiger partial charge in [0.1, 0.15) is 23.0 Å². The Bertz CT molecular complexity index is 731. The molecular weight excluding hydrogens is 284 g/mol. The number of nitrogens with two attached hydrogens (primary N) is 1. The zero-order valence-corrected chi connectivity index (χ0v) is 11.3. The van der Waals surface area contributed by atoms with Crippen LogP contribution in [0.2, 0.25) is 5.02 Å². The topological polar surface area (TPSA) is 73.9 Å². The number of thiophene rings is 1. The third kappa shape index (κ3) is 2.59. The molecule has 7 heteroatoms. The largest absolute Gasteiger partial charge is 0.484 e. The third-order valence-corrected chi connectivity index (χ3v) is 3.46. The smallest absolute Gasteiger partial charge is 0.169 e. The molecule has 0 aromatic carbocycles. The Morgan fingerprint density at radius 1 is 1.32 bits per heavy atom. The van der Waals surface area contributed by atoms with Crippen LogP contribution in [0.5, 0.6) is 5.75 Å². The fourth-order valence-corrected chi connectivity index (χ4v) is 2.56. The van der Waals surface area contributed by atoms with Gasteiger partial charge in [0.25, 0.3) is 0 Å². The van der Waals surface area contributed by atoms with Gasteiger partial charge in [-0.1, -0.05) is 11.6 Å². The summed E-state index contributed by atoms with van der Waals surface area (Å²) in [5, 5.41) is 3.33. The van der Waals surface area contributed by atoms with E-state index in [1.165, 1.54) is 11.3 Å². The summed E-state index contributed by atoms with van der Waals surface area (Å²) in [5.74, 6) is 1.57. The normalized spacial score (nSPS) is 10.8. The van der Waals surface area contributed by atoms with Gasteiger partial charge in [-0.2, -0.15) is 0 Å². The van der Waals surface area contributed by atoms with E-state index in [1.54, 1.807) is 18.5 Å². The summed E-state index contributed by atoms with van der Waals surface area (Å²) < 4.78 is 5.53. The molecule has 3 aromatic rings. The van der Waals surface area contributed by atoms with Crippen LogP contribution >= 0.6 is 22.9 Å². The third-order valence-electron chi connectivity index (χ3n) is 2.45. The van der Waals surface area contributed by atoms with Crippen LogP contribution in [0, 0.1) is 0 Å². The standard InChI is InChI=1S/C12H9ClN4OS/c13-7-3-8(5-15-4-7)18-6-10-16-11(14)9-1-2-19-12(9)17-10/h1-5H,6H2,(H2,14,16,17). The molecule has 0 saturated heterocycles. The zero-order chi connectivity index (χ0) is 13.2. The predicted octanol–water partition coefficient (Wildman–Crippen LogP) is 2.90. The highest BCUT2D eigenvalue weighted by Crippen LogP contribution is 2.23. The Morgan fingerprint density at radius 2 is 2.21 bits per heavy atom. The van der Waals surface area contributed by atoms with E-state index < -0.39 is 0 Å². The van der Waals surface area contributed by atoms with Gasteiger partial charge in [0, 0.05) is 12.3 Å². The van der Waals surface area contributed by atoms with Crippen molar-refractivity contribution in [2.24, 2.45) is 0 Å². The quantitative estimate of drug-likeness (QED) is 0.803. The first kappa shape index (κ1) is 12.1. The van der Waals surface area contributed by atoms with Crippen molar-refractivity contribution in [2.75, 3.05) is 5.73 Å². The number of aromatic nitrogens is 3. The number of pyridine rings is 1. The maximum atomic E-state index is 5.86. The van der Waals surface area contributed by atoms with Crippen molar-refractivity contribution >= 4 is 39.0 Å². The van der Waals surface area contributed by atoms with Crippen LogP contribution in [0.1, 0.15) is 5.82 Å². The number of nitrogens with zero attached hydrogens (tertiary/aromatic N) is 3. The van der Waals surface area contributed by atoms with Gasteiger partial charge in [-0.05, 0) is 11.4 Å². The molecule has 3 heterocycles. The first-order valence-electron chi connectivity index (χ1n) is 5.45. The molecule has 0 aliphatic rings. The van der Waals surface area contributed by atoms with Crippen molar-refractivity contribution in [3.05, 3.63) is 40.8 Å². The average Bonchev–Trinajstić information content (AvgIpc) is 2.85. The van der Waals surface area contributed by atoms with E-state index in [-0.39, 0.29) is 6.61 Å². The average molecular weight is 293 g/mol. The maximum Gasteiger partial charge on any atom is 0.169 e. The molecule has 0 saturated carbocycles. The van der Waals surface area contributed by atoms with Crippen LogP contribution < -0.4 is 10.5 Å². The molecule has 0 amide bonds. The number of halogens is 1. The van der Waals surface area contributed by atoms with Crippen molar-refractivity contribution in [1.82, 2.24) is 15.0 Å². The van der Waals surface area contributed by atoms with Crippen molar-refractivity contribution in [3.8, 4) is 5.75 Å². The molecule has 3 aromatic heterocycles. The van der Waals surface area contributed by atoms with Crippen molar-refractivity contribution < 1.29 is 4.74 Å². The second-order valence-electron chi connectivity index (χ2n) is 3.79. The Morgan fingerprint density at radius 3 is 3.05 bits per heavy atom. The van der Waals surface area contributed by atoms with Gasteiger partial charge in [0.05, 0.1) is 16.6 Å². The maximum absolute atomic E-state index is 5.86. The van der Waals surface area contributed by atoms with Gasteiger partial charge in [-0.25, -0.2) is 9.97 Å². The minimum Gasteiger partial charge on any atom is -0.484 e. The lowest BCUT2D eigenvalue weighted by Crippen LogP contribution is -2.04. The first-order valence-corrected chi connectivity index (χ1v) is 6.71. The number of hydrogen-bond donors (Lipinski definition) is 1. The second-order valence-corrected chi connectivity index (χ2v) is 5.12. The highest BCUT2D eigenvalue weighted by atomic mass is 35.5. The second kappa shape index (κ2) is 4.99. The molecule has 96 valence electrons. The molecular formula is C12H9ClN4OS. The van der Waals surface area contributed by atoms with E-state index in [0.29, 0.717) is 22.4 Å². The molecule has 0 bridgehead atoms. The SMILES string of the molecule is Nc1nc(COc2cncc(Cl)c2)nc2sccc12. The molecule has 0 aliphatic heterocycles. The van der Waals surface area contributed by atoms with Gasteiger partial charge >= 0.3 is 0 Å². The molecule has 0 radical (unpaired) electrons. The molecule has 0 unspecified atom stereocenters. The van der Waals surface area contributed by atoms with Crippen LogP contribution in [-0.4, -0.2) is 15.0 Å². The highest BCUT2D eigenvalue weighted by molar-refractivity contribution is 7.16. The summed E-state index contributed by atoms with van der Waals surface area (Å²) in [4.78, 5) is 13.4. The number of hydrogen-bond acceptors (Lipinski definition) is 6. The van der Waals surface area contributed by atoms with Crippen LogP contribution in [0.3, 0.4) is 0 Å². The molecule has 2 N–H and O–H groups in total. The minimum atomic E-state index is 0.222. The number of ether oxygens (including phenoxy) is 1. The summed E-state index contributed by atoms with van der Waals surface area (Å²) in [5.41, 5.74) is 5.86. The summed E-state index contributed by atoms with van der Waals surface area (Å²) >= 11 is 7.34. The van der Waals surface area contributed by atoms with Crippen molar-refractivity contribution in [2.45, 2.75) is 6.61 Å². The molecule has 0 aliphatic carbocycles. The van der Waals surface area contributed by atoms with Crippen LogP contribution in [-0.2, 0) is 6.61 Å². The number of rotatable bonds is 3. The first-order chi connectivity index (χ1) is 9.22. The van der Waals surface area contributed by atoms with Gasteiger partial charge in [-0.3, -0.25) is 4.98 Å². The summed E-state index contributed by atoms with van der Waals surface area (Å²) in [6, 6.07) is 3.59. The fourth-order valence-electron chi connectivity index (χ4n) is 1.61. The molecule has 0 atom stereocenters. The minimum absolute atomic E-state index is 0.222. The summed E-state index contributed by atoms with van der Waals surface area (Å²) in [6.45, 7) is 0.222. The van der Waals surface area contributed by atoms with Crippen molar-refractivity contribution in [1.29, 1.82) is 0 Å². The predicted molar refractivity (Wildman–Crippen MR) is 75.4 cm³/mol. The summed E-state index contributed by atoms with van der Waals surface area (Å²) in [6.07, 6.45) is 3.12. The lowest BCUT2D eigenvalue weighted by atomic mass is 10.4. The fraction of sp³-hybridized carbons (Fsp3) is 0.0833. The van der Waals surface area contributed by atoms with E-state index in [1.807, 2.05) is 11.4 Å². The Balaban J connectivity index is 1.81. The Kier molecular flexibility index (Phi) is 3.18. The van der Waals surface area contributed by atoms with Gasteiger partial charge in [0.15, 0.2) is 5.82 Å². The van der Waals surface area contributed by atoms with Gasteiger partial charge < -0.3 is 10.5 Å². The van der Waals surface area contributed by atoms with Crippen LogP contribution in [0.15, 0.2) is 29.9 Å². The molecule has 3 rings (SSSR count). The Hall–Kier alpha value is -1.92. The van der Waals surface area contributed by atoms with Crippen molar-refractivity contribution in [3.63, 3.8) is 0 Å². The molecule has 19 heavy (non-hydrogen) atoms. The Labute approximate surface area is 118 Å². The highest BCUT2D eigenvalue weighted by Gasteiger charge is 2.07. The summed E-state index contributed by atoms with van der Waals surface area (Å²) in [7, 11) is 0. The van der Waals surface area contributed by atoms with E-state index >= 15 is 0 Å². The van der Waals surface area contributed by atoms with E-state index in [9.17, 15) is 0 Å². The molecule has 0 fully saturated rings. The number of nitrogen functional groups attached to an aromatic ring is 1. The number of fused-ring (bicyclic) bond motifs is 1. The van der Waals surface area contributed by atoms with E-state index in [2.05, 4.69) is 15.0 Å². The number of anilines is 1. The lowest BCUT2D eigenvalue weighted by Gasteiger charge is -2.05. The van der Waals surface area contributed by atoms with Crippen LogP contribution in [0.25, 0.3) is 10.2 Å². The zero-order valence-electron chi connectivity index (χ0n) is 9.71. The van der Waals surface area contributed by atoms with Gasteiger partial charge in [-0.15, -0.1) is 11.3 Å².